The minimum Gasteiger partial charge on any atom is -0.346 e. The normalized spacial score (nSPS) is 15.4. The lowest BCUT2D eigenvalue weighted by atomic mass is 10.1. The van der Waals surface area contributed by atoms with Gasteiger partial charge >= 0.3 is 0 Å². The van der Waals surface area contributed by atoms with Gasteiger partial charge in [0.25, 0.3) is 5.91 Å². The number of carbonyl (C=O) groups excluding carboxylic acids is 1. The molecule has 3 aromatic rings. The Kier molecular flexibility index (Phi) is 4.23. The van der Waals surface area contributed by atoms with Gasteiger partial charge < -0.3 is 14.8 Å². The van der Waals surface area contributed by atoms with Gasteiger partial charge in [0, 0.05) is 54.7 Å². The van der Waals surface area contributed by atoms with Crippen molar-refractivity contribution in [1.29, 1.82) is 0 Å². The number of nitrogens with one attached hydrogen (secondary N) is 1. The number of thiazole rings is 1. The van der Waals surface area contributed by atoms with E-state index in [0.29, 0.717) is 24.2 Å². The van der Waals surface area contributed by atoms with Gasteiger partial charge in [0.1, 0.15) is 0 Å². The Hall–Kier alpha value is -2.67. The summed E-state index contributed by atoms with van der Waals surface area (Å²) in [6, 6.07) is 8.83. The van der Waals surface area contributed by atoms with Crippen molar-refractivity contribution < 1.29 is 4.79 Å². The summed E-state index contributed by atoms with van der Waals surface area (Å²) in [4.78, 5) is 36.2. The van der Waals surface area contributed by atoms with Crippen LogP contribution in [0.4, 0.5) is 5.13 Å². The Balaban J connectivity index is 1.60. The smallest absolute Gasteiger partial charge is 0.254 e. The molecular formula is C18H18N4O2S. The van der Waals surface area contributed by atoms with Crippen molar-refractivity contribution in [2.75, 3.05) is 31.1 Å². The van der Waals surface area contributed by atoms with Gasteiger partial charge in [-0.05, 0) is 12.5 Å². The fourth-order valence-corrected chi connectivity index (χ4v) is 3.93. The maximum absolute atomic E-state index is 13.1. The van der Waals surface area contributed by atoms with E-state index in [4.69, 9.17) is 0 Å². The number of aromatic nitrogens is 2. The molecule has 4 rings (SSSR count). The van der Waals surface area contributed by atoms with E-state index in [0.717, 1.165) is 30.0 Å². The second-order valence-electron chi connectivity index (χ2n) is 6.04. The van der Waals surface area contributed by atoms with Crippen molar-refractivity contribution in [3.05, 3.63) is 57.8 Å². The number of amides is 1. The minimum absolute atomic E-state index is 0.0803. The zero-order valence-electron chi connectivity index (χ0n) is 13.6. The summed E-state index contributed by atoms with van der Waals surface area (Å²) >= 11 is 1.61. The van der Waals surface area contributed by atoms with Gasteiger partial charge in [0.15, 0.2) is 5.13 Å². The zero-order valence-corrected chi connectivity index (χ0v) is 14.5. The summed E-state index contributed by atoms with van der Waals surface area (Å²) < 4.78 is 0. The van der Waals surface area contributed by atoms with E-state index in [1.54, 1.807) is 17.5 Å². The summed E-state index contributed by atoms with van der Waals surface area (Å²) in [6.45, 7) is 2.94. The molecule has 0 aliphatic carbocycles. The molecular weight excluding hydrogens is 336 g/mol. The first kappa shape index (κ1) is 15.8. The molecule has 1 N–H and O–H groups in total. The van der Waals surface area contributed by atoms with Crippen LogP contribution in [0.15, 0.2) is 46.7 Å². The molecule has 6 nitrogen and oxygen atoms in total. The Labute approximate surface area is 148 Å². The predicted octanol–water partition coefficient (Wildman–Crippen LogP) is 2.34. The summed E-state index contributed by atoms with van der Waals surface area (Å²) in [5.74, 6) is -0.0803. The average molecular weight is 354 g/mol. The molecule has 128 valence electrons. The molecule has 1 aliphatic heterocycles. The van der Waals surface area contributed by atoms with Gasteiger partial charge in [-0.1, -0.05) is 18.2 Å². The van der Waals surface area contributed by atoms with Crippen molar-refractivity contribution in [2.45, 2.75) is 6.42 Å². The van der Waals surface area contributed by atoms with Gasteiger partial charge in [-0.15, -0.1) is 11.3 Å². The number of carbonyl (C=O) groups is 1. The van der Waals surface area contributed by atoms with Gasteiger partial charge in [-0.25, -0.2) is 4.98 Å². The van der Waals surface area contributed by atoms with Crippen LogP contribution in [0.1, 0.15) is 16.8 Å². The number of nitrogens with zero attached hydrogens (tertiary/aromatic N) is 3. The lowest BCUT2D eigenvalue weighted by Crippen LogP contribution is -2.35. The number of para-hydroxylation sites is 1. The molecule has 1 fully saturated rings. The van der Waals surface area contributed by atoms with E-state index in [1.165, 1.54) is 6.07 Å². The SMILES string of the molecule is O=C(c1cc(=O)[nH]c2ccccc12)N1CCCN(c2nccs2)CC1. The number of pyridine rings is 1. The molecule has 1 saturated heterocycles. The number of aromatic amines is 1. The van der Waals surface area contributed by atoms with E-state index >= 15 is 0 Å². The van der Waals surface area contributed by atoms with E-state index in [2.05, 4.69) is 14.9 Å². The Morgan fingerprint density at radius 3 is 2.88 bits per heavy atom. The summed E-state index contributed by atoms with van der Waals surface area (Å²) in [5, 5.41) is 3.75. The number of fused-ring (bicyclic) bond motifs is 1. The molecule has 0 spiro atoms. The van der Waals surface area contributed by atoms with E-state index in [9.17, 15) is 9.59 Å². The highest BCUT2D eigenvalue weighted by Gasteiger charge is 2.23. The predicted molar refractivity (Wildman–Crippen MR) is 99.4 cm³/mol. The molecule has 0 atom stereocenters. The van der Waals surface area contributed by atoms with E-state index < -0.39 is 0 Å². The fourth-order valence-electron chi connectivity index (χ4n) is 3.24. The van der Waals surface area contributed by atoms with Gasteiger partial charge in [0.05, 0.1) is 5.56 Å². The number of H-pyrrole nitrogens is 1. The van der Waals surface area contributed by atoms with Crippen LogP contribution < -0.4 is 10.5 Å². The molecule has 0 saturated carbocycles. The highest BCUT2D eigenvalue weighted by atomic mass is 32.1. The minimum atomic E-state index is -0.249. The van der Waals surface area contributed by atoms with Crippen molar-refractivity contribution in [3.63, 3.8) is 0 Å². The largest absolute Gasteiger partial charge is 0.346 e. The standard InChI is InChI=1S/C18H18N4O2S/c23-16-12-14(13-4-1-2-5-15(13)20-16)17(24)21-7-3-8-22(10-9-21)18-19-6-11-25-18/h1-2,4-6,11-12H,3,7-10H2,(H,20,23). The maximum Gasteiger partial charge on any atom is 0.254 e. The van der Waals surface area contributed by atoms with Crippen LogP contribution in [0.25, 0.3) is 10.9 Å². The summed E-state index contributed by atoms with van der Waals surface area (Å²) in [7, 11) is 0. The Morgan fingerprint density at radius 1 is 1.16 bits per heavy atom. The molecule has 1 aromatic carbocycles. The van der Waals surface area contributed by atoms with Crippen LogP contribution in [0.5, 0.6) is 0 Å². The Morgan fingerprint density at radius 2 is 2.04 bits per heavy atom. The molecule has 2 aromatic heterocycles. The summed E-state index contributed by atoms with van der Waals surface area (Å²) in [6.07, 6.45) is 2.68. The first-order valence-corrected chi connectivity index (χ1v) is 9.16. The number of hydrogen-bond acceptors (Lipinski definition) is 5. The third-order valence-corrected chi connectivity index (χ3v) is 5.29. The summed E-state index contributed by atoms with van der Waals surface area (Å²) in [5.41, 5.74) is 0.918. The highest BCUT2D eigenvalue weighted by molar-refractivity contribution is 7.13. The van der Waals surface area contributed by atoms with Crippen molar-refractivity contribution in [3.8, 4) is 0 Å². The highest BCUT2D eigenvalue weighted by Crippen LogP contribution is 2.21. The maximum atomic E-state index is 13.1. The second kappa shape index (κ2) is 6.68. The van der Waals surface area contributed by atoms with Crippen molar-refractivity contribution in [2.24, 2.45) is 0 Å². The van der Waals surface area contributed by atoms with Gasteiger partial charge in [-0.2, -0.15) is 0 Å². The average Bonchev–Trinajstić information content (AvgIpc) is 3.05. The lowest BCUT2D eigenvalue weighted by molar-refractivity contribution is 0.0769. The van der Waals surface area contributed by atoms with Crippen LogP contribution in [0.3, 0.4) is 0 Å². The number of benzene rings is 1. The van der Waals surface area contributed by atoms with Gasteiger partial charge in [-0.3, -0.25) is 9.59 Å². The zero-order chi connectivity index (χ0) is 17.2. The molecule has 7 heteroatoms. The molecule has 1 aliphatic rings. The quantitative estimate of drug-likeness (QED) is 0.767. The lowest BCUT2D eigenvalue weighted by Gasteiger charge is -2.22. The first-order valence-electron chi connectivity index (χ1n) is 8.28. The van der Waals surface area contributed by atoms with E-state index in [-0.39, 0.29) is 11.5 Å². The molecule has 1 amide bonds. The molecule has 0 bridgehead atoms. The third-order valence-electron chi connectivity index (χ3n) is 4.45. The first-order chi connectivity index (χ1) is 12.2. The second-order valence-corrected chi connectivity index (χ2v) is 6.91. The van der Waals surface area contributed by atoms with Crippen molar-refractivity contribution >= 4 is 33.3 Å². The van der Waals surface area contributed by atoms with Gasteiger partial charge in [0.2, 0.25) is 5.56 Å². The van der Waals surface area contributed by atoms with Crippen molar-refractivity contribution in [1.82, 2.24) is 14.9 Å². The van der Waals surface area contributed by atoms with Crippen LogP contribution in [-0.4, -0.2) is 47.0 Å². The Bertz CT molecular complexity index is 951. The fraction of sp³-hybridized carbons (Fsp3) is 0.278. The molecule has 0 radical (unpaired) electrons. The number of hydrogen-bond donors (Lipinski definition) is 1. The third kappa shape index (κ3) is 3.15. The monoisotopic (exact) mass is 354 g/mol. The molecule has 25 heavy (non-hydrogen) atoms. The van der Waals surface area contributed by atoms with Crippen LogP contribution in [0.2, 0.25) is 0 Å². The van der Waals surface area contributed by atoms with Crippen LogP contribution in [-0.2, 0) is 0 Å². The van der Waals surface area contributed by atoms with Crippen LogP contribution in [0, 0.1) is 0 Å². The van der Waals surface area contributed by atoms with Crippen LogP contribution >= 0.6 is 11.3 Å². The number of anilines is 1. The number of rotatable bonds is 2. The topological polar surface area (TPSA) is 69.3 Å². The molecule has 0 unspecified atom stereocenters. The molecule has 3 heterocycles. The van der Waals surface area contributed by atoms with E-state index in [1.807, 2.05) is 34.5 Å².